The number of hydrogen-bond donors (Lipinski definition) is 3. The van der Waals surface area contributed by atoms with E-state index in [9.17, 15) is 13.5 Å². The van der Waals surface area contributed by atoms with Crippen LogP contribution in [0.25, 0.3) is 0 Å². The number of aromatic hydroxyl groups is 1. The van der Waals surface area contributed by atoms with E-state index >= 15 is 0 Å². The van der Waals surface area contributed by atoms with Crippen LogP contribution >= 0.6 is 11.6 Å². The molecule has 5 nitrogen and oxygen atoms in total. The number of nitrogens with one attached hydrogen (secondary N) is 2. The van der Waals surface area contributed by atoms with Gasteiger partial charge in [-0.1, -0.05) is 17.7 Å². The van der Waals surface area contributed by atoms with Gasteiger partial charge < -0.3 is 10.4 Å². The van der Waals surface area contributed by atoms with Gasteiger partial charge in [-0.15, -0.1) is 0 Å². The number of hydrogen-bond acceptors (Lipinski definition) is 4. The summed E-state index contributed by atoms with van der Waals surface area (Å²) in [6, 6.07) is 4.86. The molecular formula is C10H15ClN2O3S. The number of sulfonamides is 1. The fourth-order valence-corrected chi connectivity index (χ4v) is 2.02. The minimum Gasteiger partial charge on any atom is -0.506 e. The lowest BCUT2D eigenvalue weighted by Gasteiger charge is -2.06. The maximum atomic E-state index is 11.1. The van der Waals surface area contributed by atoms with Gasteiger partial charge in [0, 0.05) is 13.1 Å². The Balaban J connectivity index is 2.39. The SMILES string of the molecule is CNS(=O)(=O)CCNCc1ccc(O)c(Cl)c1. The van der Waals surface area contributed by atoms with E-state index in [0.717, 1.165) is 5.56 Å². The first-order valence-corrected chi connectivity index (χ1v) is 7.07. The molecule has 1 aromatic carbocycles. The second-order valence-corrected chi connectivity index (χ2v) is 5.94. The molecule has 17 heavy (non-hydrogen) atoms. The highest BCUT2D eigenvalue weighted by Crippen LogP contribution is 2.23. The van der Waals surface area contributed by atoms with Crippen molar-refractivity contribution in [1.82, 2.24) is 10.0 Å². The van der Waals surface area contributed by atoms with Crippen LogP contribution < -0.4 is 10.0 Å². The molecule has 0 spiro atoms. The van der Waals surface area contributed by atoms with Gasteiger partial charge in [0.05, 0.1) is 10.8 Å². The van der Waals surface area contributed by atoms with Gasteiger partial charge in [0.25, 0.3) is 0 Å². The molecule has 0 unspecified atom stereocenters. The smallest absolute Gasteiger partial charge is 0.212 e. The summed E-state index contributed by atoms with van der Waals surface area (Å²) < 4.78 is 24.4. The van der Waals surface area contributed by atoms with Gasteiger partial charge in [-0.3, -0.25) is 0 Å². The molecule has 1 rings (SSSR count). The van der Waals surface area contributed by atoms with Crippen molar-refractivity contribution in [2.24, 2.45) is 0 Å². The quantitative estimate of drug-likeness (QED) is 0.669. The van der Waals surface area contributed by atoms with Crippen LogP contribution in [0.3, 0.4) is 0 Å². The third kappa shape index (κ3) is 4.91. The van der Waals surface area contributed by atoms with Crippen LogP contribution in [0.4, 0.5) is 0 Å². The molecule has 96 valence electrons. The van der Waals surface area contributed by atoms with Gasteiger partial charge in [-0.25, -0.2) is 13.1 Å². The van der Waals surface area contributed by atoms with E-state index in [4.69, 9.17) is 11.6 Å². The summed E-state index contributed by atoms with van der Waals surface area (Å²) in [4.78, 5) is 0. The number of benzene rings is 1. The van der Waals surface area contributed by atoms with Gasteiger partial charge >= 0.3 is 0 Å². The number of rotatable bonds is 6. The second-order valence-electron chi connectivity index (χ2n) is 3.49. The third-order valence-electron chi connectivity index (χ3n) is 2.20. The Bertz CT molecular complexity index is 476. The summed E-state index contributed by atoms with van der Waals surface area (Å²) in [5.74, 6) is 0.0585. The summed E-state index contributed by atoms with van der Waals surface area (Å²) in [5, 5.41) is 12.5. The Hall–Kier alpha value is -0.820. The molecule has 0 aliphatic heterocycles. The Morgan fingerprint density at radius 2 is 2.12 bits per heavy atom. The van der Waals surface area contributed by atoms with Crippen molar-refractivity contribution in [3.8, 4) is 5.75 Å². The summed E-state index contributed by atoms with van der Waals surface area (Å²) in [6.07, 6.45) is 0. The molecule has 3 N–H and O–H groups in total. The molecule has 0 fully saturated rings. The van der Waals surface area contributed by atoms with Crippen molar-refractivity contribution in [3.63, 3.8) is 0 Å². The highest BCUT2D eigenvalue weighted by molar-refractivity contribution is 7.89. The third-order valence-corrected chi connectivity index (χ3v) is 3.87. The Morgan fingerprint density at radius 1 is 1.41 bits per heavy atom. The topological polar surface area (TPSA) is 78.4 Å². The van der Waals surface area contributed by atoms with Crippen LogP contribution in [-0.4, -0.2) is 32.9 Å². The zero-order valence-corrected chi connectivity index (χ0v) is 11.0. The van der Waals surface area contributed by atoms with E-state index in [1.807, 2.05) is 0 Å². The number of halogens is 1. The predicted molar refractivity (Wildman–Crippen MR) is 67.7 cm³/mol. The highest BCUT2D eigenvalue weighted by Gasteiger charge is 2.05. The van der Waals surface area contributed by atoms with Crippen molar-refractivity contribution in [2.45, 2.75) is 6.54 Å². The first kappa shape index (κ1) is 14.2. The average molecular weight is 279 g/mol. The summed E-state index contributed by atoms with van der Waals surface area (Å²) in [5.41, 5.74) is 0.884. The van der Waals surface area contributed by atoms with E-state index in [0.29, 0.717) is 13.1 Å². The summed E-state index contributed by atoms with van der Waals surface area (Å²) >= 11 is 5.74. The minimum absolute atomic E-state index is 0.0231. The molecular weight excluding hydrogens is 264 g/mol. The lowest BCUT2D eigenvalue weighted by Crippen LogP contribution is -2.29. The molecule has 7 heteroatoms. The second kappa shape index (κ2) is 6.20. The van der Waals surface area contributed by atoms with Gasteiger partial charge in [0.15, 0.2) is 0 Å². The summed E-state index contributed by atoms with van der Waals surface area (Å²) in [7, 11) is -1.78. The molecule has 0 amide bonds. The Morgan fingerprint density at radius 3 is 2.71 bits per heavy atom. The van der Waals surface area contributed by atoms with Crippen LogP contribution in [0.1, 0.15) is 5.56 Å². The number of phenolic OH excluding ortho intramolecular Hbond substituents is 1. The van der Waals surface area contributed by atoms with Gasteiger partial charge in [-0.2, -0.15) is 0 Å². The van der Waals surface area contributed by atoms with Gasteiger partial charge in [0.2, 0.25) is 10.0 Å². The van der Waals surface area contributed by atoms with E-state index in [2.05, 4.69) is 10.0 Å². The molecule has 0 bridgehead atoms. The van der Waals surface area contributed by atoms with E-state index in [1.54, 1.807) is 12.1 Å². The van der Waals surface area contributed by atoms with Gasteiger partial charge in [-0.05, 0) is 24.7 Å². The molecule has 0 atom stereocenters. The monoisotopic (exact) mass is 278 g/mol. The zero-order chi connectivity index (χ0) is 12.9. The van der Waals surface area contributed by atoms with Crippen LogP contribution in [0.5, 0.6) is 5.75 Å². The molecule has 0 aliphatic carbocycles. The van der Waals surface area contributed by atoms with Crippen LogP contribution in [0.15, 0.2) is 18.2 Å². The van der Waals surface area contributed by atoms with E-state index in [-0.39, 0.29) is 16.5 Å². The zero-order valence-electron chi connectivity index (χ0n) is 9.40. The highest BCUT2D eigenvalue weighted by atomic mass is 35.5. The normalized spacial score (nSPS) is 11.6. The first-order chi connectivity index (χ1) is 7.94. The number of phenols is 1. The molecule has 0 aliphatic rings. The predicted octanol–water partition coefficient (Wildman–Crippen LogP) is 0.684. The van der Waals surface area contributed by atoms with Crippen molar-refractivity contribution in [2.75, 3.05) is 19.3 Å². The molecule has 0 radical (unpaired) electrons. The minimum atomic E-state index is -3.17. The fourth-order valence-electron chi connectivity index (χ4n) is 1.20. The lowest BCUT2D eigenvalue weighted by atomic mass is 10.2. The molecule has 0 heterocycles. The standard InChI is InChI=1S/C10H15ClN2O3S/c1-12-17(15,16)5-4-13-7-8-2-3-10(14)9(11)6-8/h2-3,6,12-14H,4-5,7H2,1H3. The van der Waals surface area contributed by atoms with Crippen molar-refractivity contribution < 1.29 is 13.5 Å². The van der Waals surface area contributed by atoms with Crippen LogP contribution in [0.2, 0.25) is 5.02 Å². The van der Waals surface area contributed by atoms with Crippen LogP contribution in [0, 0.1) is 0 Å². The molecule has 0 saturated heterocycles. The first-order valence-electron chi connectivity index (χ1n) is 5.04. The maximum absolute atomic E-state index is 11.1. The molecule has 0 aromatic heterocycles. The average Bonchev–Trinajstić information content (AvgIpc) is 2.29. The lowest BCUT2D eigenvalue weighted by molar-refractivity contribution is 0.475. The van der Waals surface area contributed by atoms with Crippen LogP contribution in [-0.2, 0) is 16.6 Å². The largest absolute Gasteiger partial charge is 0.506 e. The molecule has 1 aromatic rings. The van der Waals surface area contributed by atoms with E-state index in [1.165, 1.54) is 13.1 Å². The Kier molecular flexibility index (Phi) is 5.20. The summed E-state index contributed by atoms with van der Waals surface area (Å²) in [6.45, 7) is 0.848. The molecule has 0 saturated carbocycles. The van der Waals surface area contributed by atoms with E-state index < -0.39 is 10.0 Å². The van der Waals surface area contributed by atoms with Gasteiger partial charge in [0.1, 0.15) is 5.75 Å². The van der Waals surface area contributed by atoms with Crippen molar-refractivity contribution >= 4 is 21.6 Å². The maximum Gasteiger partial charge on any atom is 0.212 e. The fraction of sp³-hybridized carbons (Fsp3) is 0.400. The Labute approximate surface area is 106 Å². The van der Waals surface area contributed by atoms with Crippen molar-refractivity contribution in [3.05, 3.63) is 28.8 Å². The van der Waals surface area contributed by atoms with Crippen molar-refractivity contribution in [1.29, 1.82) is 0 Å².